The highest BCUT2D eigenvalue weighted by molar-refractivity contribution is 7.15. The van der Waals surface area contributed by atoms with E-state index >= 15 is 0 Å². The molecule has 0 atom stereocenters. The van der Waals surface area contributed by atoms with Gasteiger partial charge in [0.05, 0.1) is 6.54 Å². The molecular formula is C16H26ClN5O7S. The first-order valence-electron chi connectivity index (χ1n) is 9.13. The zero-order chi connectivity index (χ0) is 22.3. The molecule has 0 bridgehead atoms. The summed E-state index contributed by atoms with van der Waals surface area (Å²) < 4.78 is 26.9. The molecule has 0 amide bonds. The van der Waals surface area contributed by atoms with Gasteiger partial charge in [0.1, 0.15) is 18.6 Å². The molecule has 1 aromatic rings. The van der Waals surface area contributed by atoms with Gasteiger partial charge in [0.25, 0.3) is 5.96 Å². The van der Waals surface area contributed by atoms with E-state index in [1.165, 1.54) is 11.3 Å². The lowest BCUT2D eigenvalue weighted by atomic mass is 10.5. The zero-order valence-corrected chi connectivity index (χ0v) is 19.0. The van der Waals surface area contributed by atoms with Crippen LogP contribution < -0.4 is 0 Å². The Morgan fingerprint density at radius 2 is 1.70 bits per heavy atom. The zero-order valence-electron chi connectivity index (χ0n) is 17.4. The Morgan fingerprint density at radius 1 is 1.17 bits per heavy atom. The number of nitro groups is 1. The van der Waals surface area contributed by atoms with Gasteiger partial charge in [-0.1, -0.05) is 11.6 Å². The SMILES string of the molecule is CC1OC(C)OC(C)OC(C)O1.CN1COCN(Cc2cnc(Cl)s2)/C1=N\[N+](=O)[O-]. The molecular weight excluding hydrogens is 442 g/mol. The van der Waals surface area contributed by atoms with Crippen molar-refractivity contribution in [3.63, 3.8) is 0 Å². The van der Waals surface area contributed by atoms with Gasteiger partial charge < -0.3 is 33.5 Å². The van der Waals surface area contributed by atoms with Gasteiger partial charge in [0, 0.05) is 18.1 Å². The van der Waals surface area contributed by atoms with Crippen molar-refractivity contribution in [2.75, 3.05) is 20.5 Å². The van der Waals surface area contributed by atoms with Crippen molar-refractivity contribution in [2.45, 2.75) is 59.4 Å². The van der Waals surface area contributed by atoms with Crippen LogP contribution in [-0.2, 0) is 30.2 Å². The number of halogens is 1. The number of thiazole rings is 1. The molecule has 2 aliphatic heterocycles. The number of hydrogen-bond donors (Lipinski definition) is 0. The fourth-order valence-corrected chi connectivity index (χ4v) is 3.72. The van der Waals surface area contributed by atoms with E-state index in [9.17, 15) is 10.1 Å². The summed E-state index contributed by atoms with van der Waals surface area (Å²) in [5.41, 5.74) is 0. The van der Waals surface area contributed by atoms with Gasteiger partial charge >= 0.3 is 0 Å². The highest BCUT2D eigenvalue weighted by Gasteiger charge is 2.25. The van der Waals surface area contributed by atoms with Gasteiger partial charge in [-0.15, -0.1) is 11.3 Å². The van der Waals surface area contributed by atoms with Crippen LogP contribution in [0.1, 0.15) is 32.6 Å². The first-order valence-corrected chi connectivity index (χ1v) is 10.3. The van der Waals surface area contributed by atoms with Crippen molar-refractivity contribution in [2.24, 2.45) is 5.10 Å². The number of guanidine groups is 1. The Balaban J connectivity index is 0.000000232. The highest BCUT2D eigenvalue weighted by Crippen LogP contribution is 2.20. The first-order chi connectivity index (χ1) is 14.1. The average Bonchev–Trinajstić information content (AvgIpc) is 3.01. The van der Waals surface area contributed by atoms with E-state index in [-0.39, 0.29) is 44.6 Å². The maximum absolute atomic E-state index is 10.5. The highest BCUT2D eigenvalue weighted by atomic mass is 35.5. The van der Waals surface area contributed by atoms with Crippen LogP contribution in [0.2, 0.25) is 4.47 Å². The van der Waals surface area contributed by atoms with Crippen LogP contribution in [0.25, 0.3) is 0 Å². The summed E-state index contributed by atoms with van der Waals surface area (Å²) in [7, 11) is 1.67. The monoisotopic (exact) mass is 467 g/mol. The van der Waals surface area contributed by atoms with E-state index in [1.54, 1.807) is 23.0 Å². The lowest BCUT2D eigenvalue weighted by Gasteiger charge is -2.34. The van der Waals surface area contributed by atoms with Crippen LogP contribution in [0, 0.1) is 10.1 Å². The maximum Gasteiger partial charge on any atom is 0.277 e. The van der Waals surface area contributed by atoms with Crippen LogP contribution in [0.15, 0.2) is 11.3 Å². The second-order valence-electron chi connectivity index (χ2n) is 6.39. The molecule has 0 spiro atoms. The normalized spacial score (nSPS) is 29.1. The Hall–Kier alpha value is -1.61. The maximum atomic E-state index is 10.5. The van der Waals surface area contributed by atoms with Gasteiger partial charge in [-0.2, -0.15) is 0 Å². The Bertz CT molecular complexity index is 684. The van der Waals surface area contributed by atoms with E-state index < -0.39 is 5.03 Å². The van der Waals surface area contributed by atoms with Crippen molar-refractivity contribution in [3.05, 3.63) is 25.7 Å². The largest absolute Gasteiger partial charge is 0.341 e. The summed E-state index contributed by atoms with van der Waals surface area (Å²) in [6.07, 6.45) is 0.473. The second-order valence-corrected chi connectivity index (χ2v) is 8.09. The summed E-state index contributed by atoms with van der Waals surface area (Å²) in [6, 6.07) is 0. The third-order valence-corrected chi connectivity index (χ3v) is 4.83. The van der Waals surface area contributed by atoms with Gasteiger partial charge in [0.2, 0.25) is 0 Å². The molecule has 2 aliphatic rings. The molecule has 14 heteroatoms. The predicted molar refractivity (Wildman–Crippen MR) is 108 cm³/mol. The van der Waals surface area contributed by atoms with Gasteiger partial charge in [-0.3, -0.25) is 0 Å². The molecule has 0 radical (unpaired) electrons. The van der Waals surface area contributed by atoms with E-state index in [1.807, 2.05) is 27.7 Å². The average molecular weight is 468 g/mol. The Labute approximate surface area is 183 Å². The summed E-state index contributed by atoms with van der Waals surface area (Å²) in [5.74, 6) is 0.260. The van der Waals surface area contributed by atoms with Crippen LogP contribution >= 0.6 is 22.9 Å². The fraction of sp³-hybridized carbons (Fsp3) is 0.750. The lowest BCUT2D eigenvalue weighted by molar-refractivity contribution is -0.486. The minimum absolute atomic E-state index is 0.243. The summed E-state index contributed by atoms with van der Waals surface area (Å²) in [4.78, 5) is 18.5. The Morgan fingerprint density at radius 3 is 2.13 bits per heavy atom. The smallest absolute Gasteiger partial charge is 0.277 e. The molecule has 0 unspecified atom stereocenters. The van der Waals surface area contributed by atoms with Crippen LogP contribution in [0.4, 0.5) is 0 Å². The van der Waals surface area contributed by atoms with E-state index in [0.717, 1.165) is 4.88 Å². The molecule has 30 heavy (non-hydrogen) atoms. The van der Waals surface area contributed by atoms with Crippen molar-refractivity contribution >= 4 is 28.9 Å². The number of ether oxygens (including phenoxy) is 5. The van der Waals surface area contributed by atoms with Crippen molar-refractivity contribution in [3.8, 4) is 0 Å². The van der Waals surface area contributed by atoms with Crippen LogP contribution in [0.3, 0.4) is 0 Å². The van der Waals surface area contributed by atoms with E-state index in [4.69, 9.17) is 35.3 Å². The molecule has 1 aromatic heterocycles. The lowest BCUT2D eigenvalue weighted by Crippen LogP contribution is -2.49. The van der Waals surface area contributed by atoms with Crippen molar-refractivity contribution in [1.29, 1.82) is 0 Å². The number of aromatic nitrogens is 1. The number of hydrazone groups is 1. The molecule has 0 saturated carbocycles. The van der Waals surface area contributed by atoms with Gasteiger partial charge in [-0.25, -0.2) is 15.1 Å². The molecule has 12 nitrogen and oxygen atoms in total. The predicted octanol–water partition coefficient (Wildman–Crippen LogP) is 2.47. The van der Waals surface area contributed by atoms with Crippen LogP contribution in [-0.4, -0.2) is 71.4 Å². The molecule has 2 saturated heterocycles. The standard InChI is InChI=1S/C8H10ClN5O3S.C8H16O4/c1-12-4-17-5-13(8(12)11-14(15)16)3-6-2-10-7(9)18-6;1-5-9-6(2)11-8(4)12-7(3)10-5/h2H,3-5H2,1H3;5-8H,1-4H3/b11-8-;. The quantitative estimate of drug-likeness (QED) is 0.484. The van der Waals surface area contributed by atoms with E-state index in [2.05, 4.69) is 10.1 Å². The molecule has 0 N–H and O–H groups in total. The van der Waals surface area contributed by atoms with Crippen molar-refractivity contribution in [1.82, 2.24) is 14.8 Å². The third-order valence-electron chi connectivity index (χ3n) is 3.73. The van der Waals surface area contributed by atoms with E-state index in [0.29, 0.717) is 11.0 Å². The first kappa shape index (κ1) is 24.7. The molecule has 3 rings (SSSR count). The third kappa shape index (κ3) is 8.26. The topological polar surface area (TPSA) is 121 Å². The van der Waals surface area contributed by atoms with Crippen molar-refractivity contribution < 1.29 is 28.7 Å². The minimum atomic E-state index is -0.718. The summed E-state index contributed by atoms with van der Waals surface area (Å²) >= 11 is 7.05. The summed E-state index contributed by atoms with van der Waals surface area (Å²) in [5, 5.41) is 13.2. The van der Waals surface area contributed by atoms with Crippen LogP contribution in [0.5, 0.6) is 0 Å². The van der Waals surface area contributed by atoms with Gasteiger partial charge in [-0.05, 0) is 27.7 Å². The number of hydrogen-bond acceptors (Lipinski definition) is 9. The Kier molecular flexibility index (Phi) is 9.61. The molecule has 2 fully saturated rings. The number of rotatable bonds is 3. The molecule has 0 aromatic carbocycles. The van der Waals surface area contributed by atoms with Gasteiger partial charge in [0.15, 0.2) is 34.7 Å². The minimum Gasteiger partial charge on any atom is -0.341 e. The number of nitrogens with zero attached hydrogens (tertiary/aromatic N) is 5. The molecule has 170 valence electrons. The molecule has 3 heterocycles. The second kappa shape index (κ2) is 11.7. The molecule has 0 aliphatic carbocycles. The summed E-state index contributed by atoms with van der Waals surface area (Å²) in [6.45, 7) is 8.19. The fourth-order valence-electron chi connectivity index (χ4n) is 2.73.